The maximum Gasteiger partial charge on any atom is 0.315 e. The number of hydrogen-bond donors (Lipinski definition) is 1. The number of carbonyl (C=O) groups is 1. The molecular formula is C10H17F2NO. The number of halogens is 2. The summed E-state index contributed by atoms with van der Waals surface area (Å²) in [4.78, 5) is 10.6. The molecule has 1 fully saturated rings. The number of amides is 1. The lowest BCUT2D eigenvalue weighted by atomic mass is 9.83. The highest BCUT2D eigenvalue weighted by molar-refractivity contribution is 5.78. The number of nitrogens with one attached hydrogen (secondary N) is 1. The van der Waals surface area contributed by atoms with E-state index in [1.807, 2.05) is 0 Å². The fourth-order valence-electron chi connectivity index (χ4n) is 1.86. The van der Waals surface area contributed by atoms with E-state index in [0.29, 0.717) is 12.5 Å². The Hall–Kier alpha value is -0.670. The summed E-state index contributed by atoms with van der Waals surface area (Å²) in [6, 6.07) is 0. The van der Waals surface area contributed by atoms with Crippen LogP contribution in [0, 0.1) is 11.8 Å². The quantitative estimate of drug-likeness (QED) is 0.751. The SMILES string of the molecule is CC1CCC(CNC(=O)C(F)F)CC1. The fraction of sp³-hybridized carbons (Fsp3) is 0.900. The summed E-state index contributed by atoms with van der Waals surface area (Å²) in [7, 11) is 0. The second-order valence-corrected chi connectivity index (χ2v) is 4.17. The van der Waals surface area contributed by atoms with Crippen molar-refractivity contribution in [2.75, 3.05) is 6.54 Å². The van der Waals surface area contributed by atoms with Gasteiger partial charge in [0.2, 0.25) is 0 Å². The van der Waals surface area contributed by atoms with Gasteiger partial charge >= 0.3 is 6.43 Å². The minimum Gasteiger partial charge on any atom is -0.351 e. The second-order valence-electron chi connectivity index (χ2n) is 4.17. The van der Waals surface area contributed by atoms with Crippen molar-refractivity contribution in [2.24, 2.45) is 11.8 Å². The molecule has 14 heavy (non-hydrogen) atoms. The van der Waals surface area contributed by atoms with Crippen molar-refractivity contribution in [2.45, 2.75) is 39.0 Å². The number of alkyl halides is 2. The lowest BCUT2D eigenvalue weighted by Gasteiger charge is -2.26. The van der Waals surface area contributed by atoms with Crippen molar-refractivity contribution in [3.8, 4) is 0 Å². The highest BCUT2D eigenvalue weighted by Gasteiger charge is 2.20. The Kier molecular flexibility index (Phi) is 4.29. The molecule has 0 aromatic rings. The maximum absolute atomic E-state index is 11.8. The topological polar surface area (TPSA) is 29.1 Å². The summed E-state index contributed by atoms with van der Waals surface area (Å²) >= 11 is 0. The van der Waals surface area contributed by atoms with Crippen LogP contribution in [-0.2, 0) is 4.79 Å². The lowest BCUT2D eigenvalue weighted by molar-refractivity contribution is -0.131. The first kappa shape index (κ1) is 11.4. The molecule has 0 aromatic carbocycles. The van der Waals surface area contributed by atoms with Crippen LogP contribution in [0.25, 0.3) is 0 Å². The normalized spacial score (nSPS) is 27.7. The van der Waals surface area contributed by atoms with Crippen LogP contribution in [0.3, 0.4) is 0 Å². The molecule has 0 unspecified atom stereocenters. The number of hydrogen-bond acceptors (Lipinski definition) is 1. The van der Waals surface area contributed by atoms with E-state index >= 15 is 0 Å². The summed E-state index contributed by atoms with van der Waals surface area (Å²) in [6.07, 6.45) is 1.51. The van der Waals surface area contributed by atoms with Gasteiger partial charge in [-0.15, -0.1) is 0 Å². The summed E-state index contributed by atoms with van der Waals surface area (Å²) in [5.74, 6) is 0.00886. The molecule has 0 radical (unpaired) electrons. The molecule has 0 aromatic heterocycles. The van der Waals surface area contributed by atoms with E-state index in [1.54, 1.807) is 0 Å². The predicted molar refractivity (Wildman–Crippen MR) is 50.1 cm³/mol. The molecule has 0 bridgehead atoms. The van der Waals surface area contributed by atoms with Crippen LogP contribution >= 0.6 is 0 Å². The third-order valence-corrected chi connectivity index (χ3v) is 2.90. The molecule has 0 spiro atoms. The lowest BCUT2D eigenvalue weighted by Crippen LogP contribution is -2.34. The Morgan fingerprint density at radius 3 is 2.43 bits per heavy atom. The molecule has 1 saturated carbocycles. The van der Waals surface area contributed by atoms with Crippen molar-refractivity contribution in [3.63, 3.8) is 0 Å². The van der Waals surface area contributed by atoms with Gasteiger partial charge in [-0.1, -0.05) is 19.8 Å². The highest BCUT2D eigenvalue weighted by Crippen LogP contribution is 2.27. The van der Waals surface area contributed by atoms with Crippen LogP contribution in [0.4, 0.5) is 8.78 Å². The van der Waals surface area contributed by atoms with E-state index in [4.69, 9.17) is 0 Å². The smallest absolute Gasteiger partial charge is 0.315 e. The zero-order valence-corrected chi connectivity index (χ0v) is 8.43. The van der Waals surface area contributed by atoms with Gasteiger partial charge in [-0.3, -0.25) is 4.79 Å². The molecule has 1 aliphatic rings. The van der Waals surface area contributed by atoms with Crippen LogP contribution < -0.4 is 5.32 Å². The summed E-state index contributed by atoms with van der Waals surface area (Å²) in [5.41, 5.74) is 0. The molecule has 1 N–H and O–H groups in total. The maximum atomic E-state index is 11.8. The zero-order chi connectivity index (χ0) is 10.6. The van der Waals surface area contributed by atoms with E-state index in [2.05, 4.69) is 12.2 Å². The minimum atomic E-state index is -2.88. The molecule has 82 valence electrons. The van der Waals surface area contributed by atoms with Gasteiger partial charge < -0.3 is 5.32 Å². The second kappa shape index (κ2) is 5.27. The molecule has 1 amide bonds. The molecule has 0 atom stereocenters. The van der Waals surface area contributed by atoms with E-state index < -0.39 is 12.3 Å². The van der Waals surface area contributed by atoms with Crippen LogP contribution in [-0.4, -0.2) is 18.9 Å². The monoisotopic (exact) mass is 205 g/mol. The summed E-state index contributed by atoms with van der Waals surface area (Å²) < 4.78 is 23.7. The van der Waals surface area contributed by atoms with Crippen LogP contribution in [0.1, 0.15) is 32.6 Å². The van der Waals surface area contributed by atoms with Gasteiger partial charge in [0.05, 0.1) is 0 Å². The molecule has 0 saturated heterocycles. The summed E-state index contributed by atoms with van der Waals surface area (Å²) in [6.45, 7) is 2.61. The number of carbonyl (C=O) groups excluding carboxylic acids is 1. The van der Waals surface area contributed by atoms with Gasteiger partial charge in [0.25, 0.3) is 5.91 Å². The largest absolute Gasteiger partial charge is 0.351 e. The standard InChI is InChI=1S/C10H17F2NO/c1-7-2-4-8(5-3-7)6-13-10(14)9(11)12/h7-9H,2-6H2,1H3,(H,13,14). The molecule has 0 heterocycles. The van der Waals surface area contributed by atoms with Crippen molar-refractivity contribution in [1.29, 1.82) is 0 Å². The van der Waals surface area contributed by atoms with Crippen molar-refractivity contribution in [1.82, 2.24) is 5.32 Å². The van der Waals surface area contributed by atoms with E-state index in [0.717, 1.165) is 31.6 Å². The molecular weight excluding hydrogens is 188 g/mol. The van der Waals surface area contributed by atoms with Crippen LogP contribution in [0.15, 0.2) is 0 Å². The van der Waals surface area contributed by atoms with Gasteiger partial charge in [0.1, 0.15) is 0 Å². The van der Waals surface area contributed by atoms with Gasteiger partial charge in [0, 0.05) is 6.54 Å². The predicted octanol–water partition coefficient (Wildman–Crippen LogP) is 2.19. The van der Waals surface area contributed by atoms with Crippen molar-refractivity contribution >= 4 is 5.91 Å². The average Bonchev–Trinajstić information content (AvgIpc) is 2.16. The third-order valence-electron chi connectivity index (χ3n) is 2.90. The van der Waals surface area contributed by atoms with Crippen LogP contribution in [0.5, 0.6) is 0 Å². The van der Waals surface area contributed by atoms with Gasteiger partial charge in [-0.25, -0.2) is 0 Å². The van der Waals surface area contributed by atoms with Gasteiger partial charge in [-0.05, 0) is 24.7 Å². The Bertz CT molecular complexity index is 189. The molecule has 0 aliphatic heterocycles. The van der Waals surface area contributed by atoms with E-state index in [1.165, 1.54) is 0 Å². The van der Waals surface area contributed by atoms with E-state index in [-0.39, 0.29) is 0 Å². The van der Waals surface area contributed by atoms with E-state index in [9.17, 15) is 13.6 Å². The van der Waals surface area contributed by atoms with Crippen molar-refractivity contribution < 1.29 is 13.6 Å². The Morgan fingerprint density at radius 2 is 1.93 bits per heavy atom. The Labute approximate surface area is 83.1 Å². The average molecular weight is 205 g/mol. The van der Waals surface area contributed by atoms with Crippen molar-refractivity contribution in [3.05, 3.63) is 0 Å². The summed E-state index contributed by atoms with van der Waals surface area (Å²) in [5, 5.41) is 2.28. The zero-order valence-electron chi connectivity index (χ0n) is 8.43. The molecule has 4 heteroatoms. The first-order chi connectivity index (χ1) is 6.59. The molecule has 2 nitrogen and oxygen atoms in total. The number of rotatable bonds is 3. The third kappa shape index (κ3) is 3.60. The Morgan fingerprint density at radius 1 is 1.36 bits per heavy atom. The van der Waals surface area contributed by atoms with Crippen LogP contribution in [0.2, 0.25) is 0 Å². The van der Waals surface area contributed by atoms with Gasteiger partial charge in [-0.2, -0.15) is 8.78 Å². The first-order valence-corrected chi connectivity index (χ1v) is 5.15. The van der Waals surface area contributed by atoms with Gasteiger partial charge in [0.15, 0.2) is 0 Å². The molecule has 1 aliphatic carbocycles. The first-order valence-electron chi connectivity index (χ1n) is 5.15. The fourth-order valence-corrected chi connectivity index (χ4v) is 1.86. The highest BCUT2D eigenvalue weighted by atomic mass is 19.3. The molecule has 1 rings (SSSR count). The Balaban J connectivity index is 2.16. The minimum absolute atomic E-state index is 0.397.